The van der Waals surface area contributed by atoms with E-state index in [0.717, 1.165) is 24.1 Å². The van der Waals surface area contributed by atoms with Gasteiger partial charge in [-0.3, -0.25) is 9.59 Å². The number of anilines is 3. The Bertz CT molecular complexity index is 1090. The van der Waals surface area contributed by atoms with Crippen molar-refractivity contribution in [3.63, 3.8) is 0 Å². The average Bonchev–Trinajstić information content (AvgIpc) is 3.07. The zero-order valence-corrected chi connectivity index (χ0v) is 20.9. The third-order valence-corrected chi connectivity index (χ3v) is 8.68. The Morgan fingerprint density at radius 3 is 2.85 bits per heavy atom. The van der Waals surface area contributed by atoms with Gasteiger partial charge in [0.1, 0.15) is 0 Å². The fourth-order valence-electron chi connectivity index (χ4n) is 4.34. The molecule has 33 heavy (non-hydrogen) atoms. The zero-order valence-electron chi connectivity index (χ0n) is 19.2. The Kier molecular flexibility index (Phi) is 6.72. The first-order valence-corrected chi connectivity index (χ1v) is 13.4. The van der Waals surface area contributed by atoms with Crippen LogP contribution in [0.1, 0.15) is 42.6 Å². The monoisotopic (exact) mass is 487 g/mol. The maximum atomic E-state index is 13.5. The molecule has 2 heterocycles. The Morgan fingerprint density at radius 2 is 2.12 bits per heavy atom. The van der Waals surface area contributed by atoms with E-state index >= 15 is 0 Å². The molecule has 2 aliphatic rings. The van der Waals surface area contributed by atoms with E-state index in [2.05, 4.69) is 24.5 Å². The number of hydrogen-bond donors (Lipinski definition) is 3. The van der Waals surface area contributed by atoms with Crippen molar-refractivity contribution in [2.24, 2.45) is 0 Å². The summed E-state index contributed by atoms with van der Waals surface area (Å²) in [4.78, 5) is 27.9. The third kappa shape index (κ3) is 4.89. The van der Waals surface area contributed by atoms with E-state index < -0.39 is 0 Å². The van der Waals surface area contributed by atoms with E-state index in [0.29, 0.717) is 29.9 Å². The minimum absolute atomic E-state index is 0.0110. The number of amides is 2. The number of nitrogens with zero attached hydrogens (tertiary/aromatic N) is 1. The molecule has 2 aromatic carbocycles. The lowest BCUT2D eigenvalue weighted by atomic mass is 10.1. The lowest BCUT2D eigenvalue weighted by Gasteiger charge is -2.23. The van der Waals surface area contributed by atoms with E-state index in [1.165, 1.54) is 13.2 Å². The Hall–Kier alpha value is -2.52. The summed E-state index contributed by atoms with van der Waals surface area (Å²) in [5, 5.41) is 16.4. The number of phenolic OH excluding ortho intramolecular Hbond substituents is 1. The molecule has 4 rings (SSSR count). The van der Waals surface area contributed by atoms with Gasteiger partial charge in [0, 0.05) is 35.2 Å². The summed E-state index contributed by atoms with van der Waals surface area (Å²) >= 11 is 0. The Labute approximate surface area is 202 Å². The van der Waals surface area contributed by atoms with Gasteiger partial charge in [-0.15, -0.1) is 0 Å². The minimum atomic E-state index is -0.156. The van der Waals surface area contributed by atoms with Gasteiger partial charge in [-0.2, -0.15) is 0 Å². The van der Waals surface area contributed by atoms with Crippen LogP contribution in [0.3, 0.4) is 0 Å². The van der Waals surface area contributed by atoms with Crippen LogP contribution >= 0.6 is 21.6 Å². The number of carbonyl (C=O) groups excluding carboxylic acids is 2. The third-order valence-electron chi connectivity index (χ3n) is 6.01. The van der Waals surface area contributed by atoms with Gasteiger partial charge < -0.3 is 25.4 Å². The summed E-state index contributed by atoms with van der Waals surface area (Å²) in [5.74, 6) is 0.0542. The summed E-state index contributed by atoms with van der Waals surface area (Å²) in [6.45, 7) is 4.84. The maximum absolute atomic E-state index is 13.5. The van der Waals surface area contributed by atoms with Crippen LogP contribution < -0.4 is 20.3 Å². The van der Waals surface area contributed by atoms with Crippen LogP contribution in [0.5, 0.6) is 11.5 Å². The summed E-state index contributed by atoms with van der Waals surface area (Å²) in [7, 11) is 4.94. The number of hydrogen-bond acceptors (Lipinski definition) is 7. The van der Waals surface area contributed by atoms with Crippen molar-refractivity contribution >= 4 is 50.5 Å². The molecule has 0 fully saturated rings. The Morgan fingerprint density at radius 1 is 1.33 bits per heavy atom. The van der Waals surface area contributed by atoms with E-state index in [4.69, 9.17) is 4.74 Å². The van der Waals surface area contributed by atoms with Gasteiger partial charge in [0.25, 0.3) is 5.91 Å². The largest absolute Gasteiger partial charge is 0.504 e. The maximum Gasteiger partial charge on any atom is 0.260 e. The number of aromatic hydroxyl groups is 1. The molecule has 1 atom stereocenters. The number of phenols is 1. The van der Waals surface area contributed by atoms with Crippen LogP contribution in [0.2, 0.25) is 0 Å². The molecule has 0 saturated carbocycles. The normalized spacial score (nSPS) is 16.9. The SMILES string of the molecule is COc1cc2c(cc1O)NC[C@@H]1Cc3ccc(NC(=O)CCC(C)(C)SSC)cc3N1C2=O. The predicted octanol–water partition coefficient (Wildman–Crippen LogP) is 4.91. The standard InChI is InChI=1S/C24H29N3O4S2/c1-24(2,33-32-4)8-7-22(29)26-15-6-5-14-9-16-13-25-18-12-20(28)21(31-3)11-17(18)23(30)27(16)19(14)10-15/h5-6,10-12,16,25,28H,7-9,13H2,1-4H3,(H,26,29)/t16-/m0/s1. The number of ether oxygens (including phenoxy) is 1. The first kappa shape index (κ1) is 23.6. The van der Waals surface area contributed by atoms with Gasteiger partial charge in [0.05, 0.1) is 24.4 Å². The number of benzene rings is 2. The van der Waals surface area contributed by atoms with Gasteiger partial charge >= 0.3 is 0 Å². The molecule has 0 aliphatic carbocycles. The van der Waals surface area contributed by atoms with E-state index in [9.17, 15) is 14.7 Å². The van der Waals surface area contributed by atoms with Crippen molar-refractivity contribution in [3.8, 4) is 11.5 Å². The molecule has 176 valence electrons. The number of nitrogens with one attached hydrogen (secondary N) is 2. The molecular weight excluding hydrogens is 458 g/mol. The summed E-state index contributed by atoms with van der Waals surface area (Å²) < 4.78 is 5.23. The van der Waals surface area contributed by atoms with Gasteiger partial charge in [0.15, 0.2) is 11.5 Å². The molecule has 0 aromatic heterocycles. The molecular formula is C24H29N3O4S2. The van der Waals surface area contributed by atoms with Crippen LogP contribution in [0.4, 0.5) is 17.1 Å². The van der Waals surface area contributed by atoms with Crippen LogP contribution in [-0.4, -0.2) is 47.6 Å². The van der Waals surface area contributed by atoms with Crippen molar-refractivity contribution < 1.29 is 19.4 Å². The van der Waals surface area contributed by atoms with E-state index in [1.54, 1.807) is 32.6 Å². The second kappa shape index (κ2) is 9.38. The van der Waals surface area contributed by atoms with E-state index in [1.807, 2.05) is 24.5 Å². The smallest absolute Gasteiger partial charge is 0.260 e. The second-order valence-corrected chi connectivity index (χ2v) is 12.0. The fraction of sp³-hybridized carbons (Fsp3) is 0.417. The molecule has 0 radical (unpaired) electrons. The summed E-state index contributed by atoms with van der Waals surface area (Å²) in [6, 6.07) is 8.82. The topological polar surface area (TPSA) is 90.9 Å². The summed E-state index contributed by atoms with van der Waals surface area (Å²) in [5.41, 5.74) is 3.60. The quantitative estimate of drug-likeness (QED) is 0.478. The number of methoxy groups -OCH3 is 1. The molecule has 2 aliphatic heterocycles. The molecule has 0 saturated heterocycles. The highest BCUT2D eigenvalue weighted by atomic mass is 33.1. The van der Waals surface area contributed by atoms with Crippen molar-refractivity contribution in [3.05, 3.63) is 41.5 Å². The van der Waals surface area contributed by atoms with Crippen molar-refractivity contribution in [2.75, 3.05) is 35.4 Å². The highest BCUT2D eigenvalue weighted by Crippen LogP contribution is 2.41. The molecule has 7 nitrogen and oxygen atoms in total. The van der Waals surface area contributed by atoms with Gasteiger partial charge in [-0.1, -0.05) is 27.7 Å². The second-order valence-electron chi connectivity index (χ2n) is 8.89. The first-order chi connectivity index (χ1) is 15.7. The zero-order chi connectivity index (χ0) is 23.8. The van der Waals surface area contributed by atoms with Crippen LogP contribution in [0, 0.1) is 0 Å². The highest BCUT2D eigenvalue weighted by Gasteiger charge is 2.38. The van der Waals surface area contributed by atoms with E-state index in [-0.39, 0.29) is 34.1 Å². The predicted molar refractivity (Wildman–Crippen MR) is 137 cm³/mol. The lowest BCUT2D eigenvalue weighted by Crippen LogP contribution is -2.39. The van der Waals surface area contributed by atoms with Crippen LogP contribution in [-0.2, 0) is 11.2 Å². The molecule has 2 aromatic rings. The average molecular weight is 488 g/mol. The van der Waals surface area contributed by atoms with Crippen LogP contribution in [0.25, 0.3) is 0 Å². The van der Waals surface area contributed by atoms with Gasteiger partial charge in [0.2, 0.25) is 5.91 Å². The summed E-state index contributed by atoms with van der Waals surface area (Å²) in [6.07, 6.45) is 3.98. The van der Waals surface area contributed by atoms with Crippen molar-refractivity contribution in [1.82, 2.24) is 0 Å². The number of carbonyl (C=O) groups is 2. The molecule has 0 spiro atoms. The number of rotatable bonds is 7. The lowest BCUT2D eigenvalue weighted by molar-refractivity contribution is -0.116. The van der Waals surface area contributed by atoms with Gasteiger partial charge in [-0.05, 0) is 56.7 Å². The van der Waals surface area contributed by atoms with Crippen LogP contribution in [0.15, 0.2) is 30.3 Å². The van der Waals surface area contributed by atoms with Crippen molar-refractivity contribution in [1.29, 1.82) is 0 Å². The minimum Gasteiger partial charge on any atom is -0.504 e. The molecule has 9 heteroatoms. The van der Waals surface area contributed by atoms with Crippen molar-refractivity contribution in [2.45, 2.75) is 43.9 Å². The Balaban J connectivity index is 1.55. The molecule has 3 N–H and O–H groups in total. The molecule has 0 bridgehead atoms. The van der Waals surface area contributed by atoms with Gasteiger partial charge in [-0.25, -0.2) is 0 Å². The highest BCUT2D eigenvalue weighted by molar-refractivity contribution is 8.76. The first-order valence-electron chi connectivity index (χ1n) is 10.9. The number of fused-ring (bicyclic) bond motifs is 4. The molecule has 2 amide bonds. The fourth-order valence-corrected chi connectivity index (χ4v) is 6.58. The molecule has 0 unspecified atom stereocenters.